The molecule has 188 valence electrons. The molecule has 2 aliphatic rings. The van der Waals surface area contributed by atoms with Gasteiger partial charge >= 0.3 is 5.97 Å². The topological polar surface area (TPSA) is 44.9 Å². The smallest absolute Gasteiger partial charge is 0.333 e. The van der Waals surface area contributed by atoms with Crippen LogP contribution in [-0.4, -0.2) is 28.7 Å². The van der Waals surface area contributed by atoms with Crippen LogP contribution in [0.4, 0.5) is 11.4 Å². The number of aliphatic carboxylic acids is 1. The zero-order valence-corrected chi connectivity index (χ0v) is 22.0. The molecule has 2 aromatic carbocycles. The highest BCUT2D eigenvalue weighted by molar-refractivity contribution is 8.15. The average molecular weight is 501 g/mol. The lowest BCUT2D eigenvalue weighted by Crippen LogP contribution is -2.24. The number of benzene rings is 2. The van der Waals surface area contributed by atoms with Crippen molar-refractivity contribution in [1.82, 2.24) is 0 Å². The molecule has 36 heavy (non-hydrogen) atoms. The van der Waals surface area contributed by atoms with Crippen molar-refractivity contribution in [2.24, 2.45) is 0 Å². The third-order valence-electron chi connectivity index (χ3n) is 6.97. The molecule has 0 saturated carbocycles. The van der Waals surface area contributed by atoms with Crippen molar-refractivity contribution in [2.45, 2.75) is 69.6 Å². The second-order valence-electron chi connectivity index (χ2n) is 9.63. The normalized spacial score (nSPS) is 17.2. The van der Waals surface area contributed by atoms with E-state index in [-0.39, 0.29) is 16.2 Å². The first-order chi connectivity index (χ1) is 17.6. The summed E-state index contributed by atoms with van der Waals surface area (Å²) >= 11 is 0. The van der Waals surface area contributed by atoms with Gasteiger partial charge in [0.1, 0.15) is 0 Å². The lowest BCUT2D eigenvalue weighted by atomic mass is 10.00. The second-order valence-corrected chi connectivity index (χ2v) is 11.5. The summed E-state index contributed by atoms with van der Waals surface area (Å²) in [6.45, 7) is 10.4. The third-order valence-corrected chi connectivity index (χ3v) is 8.94. The van der Waals surface area contributed by atoms with Crippen LogP contribution in [0, 0.1) is 6.57 Å². The van der Waals surface area contributed by atoms with Gasteiger partial charge in [-0.3, -0.25) is 4.79 Å². The van der Waals surface area contributed by atoms with Crippen molar-refractivity contribution in [1.29, 1.82) is 0 Å². The summed E-state index contributed by atoms with van der Waals surface area (Å²) in [5.41, 5.74) is 6.06. The molecule has 0 aliphatic carbocycles. The highest BCUT2D eigenvalue weighted by atomic mass is 32.2. The first-order valence-corrected chi connectivity index (χ1v) is 14.6. The number of hydrogen-bond acceptors (Lipinski definition) is 2. The first kappa shape index (κ1) is 26.0. The largest absolute Gasteiger partial charge is 0.486 e. The number of allylic oxidation sites excluding steroid dienone is 2. The molecule has 2 heterocycles. The lowest BCUT2D eigenvalue weighted by molar-refractivity contribution is -0.132. The molecule has 4 rings (SSSR count). The summed E-state index contributed by atoms with van der Waals surface area (Å²) in [6, 6.07) is 16.0. The summed E-state index contributed by atoms with van der Waals surface area (Å²) in [6.07, 6.45) is 14.8. The van der Waals surface area contributed by atoms with E-state index in [1.54, 1.807) is 0 Å². The van der Waals surface area contributed by atoms with Crippen molar-refractivity contribution in [3.8, 4) is 0 Å². The molecular formula is C31H36N2O2S. The number of aryl methyl sites for hydroxylation is 2. The van der Waals surface area contributed by atoms with E-state index in [1.807, 2.05) is 6.08 Å². The Kier molecular flexibility index (Phi) is 9.19. The number of anilines is 2. The van der Waals surface area contributed by atoms with Crippen LogP contribution in [0.15, 0.2) is 70.8 Å². The predicted octanol–water partition coefficient (Wildman–Crippen LogP) is 7.93. The van der Waals surface area contributed by atoms with E-state index in [0.29, 0.717) is 0 Å². The van der Waals surface area contributed by atoms with Gasteiger partial charge in [0, 0.05) is 28.6 Å². The fourth-order valence-electron chi connectivity index (χ4n) is 4.97. The summed E-state index contributed by atoms with van der Waals surface area (Å²) in [5, 5.41) is 11.3. The highest BCUT2D eigenvalue weighted by Crippen LogP contribution is 2.39. The molecule has 1 unspecified atom stereocenters. The molecule has 0 bridgehead atoms. The Bertz CT molecular complexity index is 1220. The molecule has 0 fully saturated rings. The lowest BCUT2D eigenvalue weighted by Gasteiger charge is -2.32. The van der Waals surface area contributed by atoms with Crippen LogP contribution >= 0.6 is 10.5 Å². The Balaban J connectivity index is 1.39. The Morgan fingerprint density at radius 3 is 2.64 bits per heavy atom. The van der Waals surface area contributed by atoms with Gasteiger partial charge in [-0.05, 0) is 84.2 Å². The maximum absolute atomic E-state index is 11.2. The minimum Gasteiger partial charge on any atom is -0.486 e. The van der Waals surface area contributed by atoms with Crippen LogP contribution in [0.1, 0.15) is 63.0 Å². The van der Waals surface area contributed by atoms with Gasteiger partial charge in [-0.2, -0.15) is 10.5 Å². The number of carboxylic acids is 1. The standard InChI is InChI=1S/C31H36N2O2S/c1-3-4-5-6-7-8-10-24-12-14-27(15-13-24)33-19-9-11-26-22-28(16-17-30(26)33)36-20-18-25(23-36)21-29(32-2)31(34)35/h12-18,20-22H,3-11,19,23H2,1H3,(H,34,35)/b29-21-. The fraction of sp³-hybridized carbons (Fsp3) is 0.387. The van der Waals surface area contributed by atoms with Gasteiger partial charge in [-0.15, -0.1) is 0 Å². The average Bonchev–Trinajstić information content (AvgIpc) is 3.37. The van der Waals surface area contributed by atoms with Crippen molar-refractivity contribution in [3.05, 3.63) is 88.4 Å². The number of carboxylic acid groups (broad SMARTS) is 1. The summed E-state index contributed by atoms with van der Waals surface area (Å²) in [7, 11) is -0.0923. The molecule has 2 aliphatic heterocycles. The van der Waals surface area contributed by atoms with Crippen molar-refractivity contribution >= 4 is 33.2 Å². The fourth-order valence-corrected chi connectivity index (χ4v) is 6.81. The molecule has 1 N–H and O–H groups in total. The van der Waals surface area contributed by atoms with Crippen molar-refractivity contribution in [2.75, 3.05) is 17.2 Å². The van der Waals surface area contributed by atoms with E-state index in [9.17, 15) is 4.79 Å². The van der Waals surface area contributed by atoms with Crippen LogP contribution in [0.3, 0.4) is 0 Å². The monoisotopic (exact) mass is 500 g/mol. The van der Waals surface area contributed by atoms with E-state index in [0.717, 1.165) is 30.7 Å². The summed E-state index contributed by atoms with van der Waals surface area (Å²) < 4.78 is 0. The molecule has 0 aromatic heterocycles. The zero-order valence-electron chi connectivity index (χ0n) is 21.2. The molecule has 0 spiro atoms. The Labute approximate surface area is 218 Å². The van der Waals surface area contributed by atoms with E-state index in [2.05, 4.69) is 64.5 Å². The van der Waals surface area contributed by atoms with E-state index >= 15 is 0 Å². The molecule has 0 radical (unpaired) electrons. The second kappa shape index (κ2) is 12.7. The minimum absolute atomic E-state index is 0.0923. The summed E-state index contributed by atoms with van der Waals surface area (Å²) in [5.74, 6) is -0.406. The molecule has 0 amide bonds. The minimum atomic E-state index is -1.16. The molecule has 5 heteroatoms. The number of hydrogen-bond donors (Lipinski definition) is 1. The van der Waals surface area contributed by atoms with Gasteiger partial charge in [0.2, 0.25) is 0 Å². The van der Waals surface area contributed by atoms with Gasteiger partial charge in [-0.1, -0.05) is 57.2 Å². The van der Waals surface area contributed by atoms with E-state index < -0.39 is 5.97 Å². The SMILES string of the molecule is [C-]#[N+]/C(=C\C1=CC=S(c2ccc3c(c2)CCCN3c2ccc(CCCCCCCC)cc2)C1)C(=O)O. The van der Waals surface area contributed by atoms with Gasteiger partial charge in [-0.25, -0.2) is 4.85 Å². The highest BCUT2D eigenvalue weighted by Gasteiger charge is 2.20. The Morgan fingerprint density at radius 1 is 1.11 bits per heavy atom. The molecule has 1 atom stereocenters. The van der Waals surface area contributed by atoms with Gasteiger partial charge in [0.15, 0.2) is 0 Å². The van der Waals surface area contributed by atoms with Gasteiger partial charge < -0.3 is 10.0 Å². The van der Waals surface area contributed by atoms with Gasteiger partial charge in [0.05, 0.1) is 6.57 Å². The third kappa shape index (κ3) is 6.56. The van der Waals surface area contributed by atoms with E-state index in [4.69, 9.17) is 11.7 Å². The van der Waals surface area contributed by atoms with Crippen molar-refractivity contribution in [3.63, 3.8) is 0 Å². The number of nitrogens with zero attached hydrogens (tertiary/aromatic N) is 2. The van der Waals surface area contributed by atoms with Crippen LogP contribution in [0.5, 0.6) is 0 Å². The molecular weight excluding hydrogens is 464 g/mol. The van der Waals surface area contributed by atoms with Crippen LogP contribution in [0.25, 0.3) is 4.85 Å². The maximum atomic E-state index is 11.2. The van der Waals surface area contributed by atoms with E-state index in [1.165, 1.54) is 78.4 Å². The Morgan fingerprint density at radius 2 is 1.89 bits per heavy atom. The first-order valence-electron chi connectivity index (χ1n) is 13.1. The molecule has 4 nitrogen and oxygen atoms in total. The van der Waals surface area contributed by atoms with Crippen molar-refractivity contribution < 1.29 is 9.90 Å². The van der Waals surface area contributed by atoms with Crippen LogP contribution in [0.2, 0.25) is 0 Å². The number of rotatable bonds is 11. The quantitative estimate of drug-likeness (QED) is 0.147. The number of carbonyl (C=O) groups is 1. The number of fused-ring (bicyclic) bond motifs is 1. The van der Waals surface area contributed by atoms with Gasteiger partial charge in [0.25, 0.3) is 5.70 Å². The van der Waals surface area contributed by atoms with Crippen LogP contribution < -0.4 is 4.90 Å². The van der Waals surface area contributed by atoms with Crippen LogP contribution in [-0.2, 0) is 17.6 Å². The molecule has 0 saturated heterocycles. The number of unbranched alkanes of at least 4 members (excludes halogenated alkanes) is 5. The summed E-state index contributed by atoms with van der Waals surface area (Å²) in [4.78, 5) is 18.0. The zero-order chi connectivity index (χ0) is 25.3. The maximum Gasteiger partial charge on any atom is 0.333 e. The molecule has 2 aromatic rings. The predicted molar refractivity (Wildman–Crippen MR) is 152 cm³/mol. The Hall–Kier alpha value is -3.10.